The summed E-state index contributed by atoms with van der Waals surface area (Å²) in [6.45, 7) is 3.86. The molecular weight excluding hydrogens is 288 g/mol. The molecule has 1 aliphatic rings. The quantitative estimate of drug-likeness (QED) is 0.709. The van der Waals surface area contributed by atoms with Gasteiger partial charge in [-0.3, -0.25) is 4.79 Å². The summed E-state index contributed by atoms with van der Waals surface area (Å²) >= 11 is 0. The Balaban J connectivity index is 0.000000640. The fourth-order valence-corrected chi connectivity index (χ4v) is 0.879. The van der Waals surface area contributed by atoms with Crippen molar-refractivity contribution >= 4 is 5.91 Å². The van der Waals surface area contributed by atoms with E-state index in [-0.39, 0.29) is 32.2 Å². The molecule has 1 atom stereocenters. The maximum Gasteiger partial charge on any atom is 0.191 e. The van der Waals surface area contributed by atoms with Crippen molar-refractivity contribution in [2.24, 2.45) is 5.92 Å². The van der Waals surface area contributed by atoms with Gasteiger partial charge in [-0.15, -0.1) is 0 Å². The van der Waals surface area contributed by atoms with Crippen LogP contribution in [0.4, 0.5) is 0 Å². The molecule has 1 aliphatic heterocycles. The molecular formula is C6H10NORe-. The molecule has 0 aromatic heterocycles. The van der Waals surface area contributed by atoms with Crippen molar-refractivity contribution in [2.45, 2.75) is 19.8 Å². The minimum Gasteiger partial charge on any atom is -0.505 e. The van der Waals surface area contributed by atoms with Gasteiger partial charge in [0.05, 0.1) is 0 Å². The van der Waals surface area contributed by atoms with Gasteiger partial charge in [-0.1, -0.05) is 6.92 Å². The minimum absolute atomic E-state index is 0. The summed E-state index contributed by atoms with van der Waals surface area (Å²) in [4.78, 5) is 10.7. The van der Waals surface area contributed by atoms with Crippen LogP contribution in [0.25, 0.3) is 0 Å². The van der Waals surface area contributed by atoms with E-state index in [9.17, 15) is 4.79 Å². The van der Waals surface area contributed by atoms with Crippen molar-refractivity contribution in [3.63, 3.8) is 0 Å². The number of hydrogen-bond acceptors (Lipinski definition) is 1. The van der Waals surface area contributed by atoms with Crippen LogP contribution in [0.3, 0.4) is 0 Å². The van der Waals surface area contributed by atoms with Crippen LogP contribution < -0.4 is 5.32 Å². The van der Waals surface area contributed by atoms with Gasteiger partial charge in [-0.25, -0.2) is 6.54 Å². The second kappa shape index (κ2) is 4.03. The molecule has 1 rings (SSSR count). The molecule has 2 nitrogen and oxygen atoms in total. The van der Waals surface area contributed by atoms with Crippen LogP contribution in [0.2, 0.25) is 0 Å². The Morgan fingerprint density at radius 2 is 2.56 bits per heavy atom. The summed E-state index contributed by atoms with van der Waals surface area (Å²) in [6, 6.07) is 0. The Morgan fingerprint density at radius 1 is 1.89 bits per heavy atom. The van der Waals surface area contributed by atoms with Crippen LogP contribution in [0.15, 0.2) is 0 Å². The van der Waals surface area contributed by atoms with E-state index in [0.29, 0.717) is 0 Å². The van der Waals surface area contributed by atoms with Gasteiger partial charge in [0.25, 0.3) is 0 Å². The molecule has 0 aliphatic carbocycles. The molecule has 1 radical (unpaired) electrons. The zero-order valence-electron chi connectivity index (χ0n) is 5.36. The number of hydrogen-bond donors (Lipinski definition) is 1. The van der Waals surface area contributed by atoms with Gasteiger partial charge in [0.15, 0.2) is 5.91 Å². The first-order chi connectivity index (χ1) is 3.84. The van der Waals surface area contributed by atoms with Crippen LogP contribution >= 0.6 is 0 Å². The first kappa shape index (κ1) is 9.13. The van der Waals surface area contributed by atoms with Crippen LogP contribution in [0, 0.1) is 12.5 Å². The third-order valence-corrected chi connectivity index (χ3v) is 1.51. The Kier molecular flexibility index (Phi) is 4.09. The van der Waals surface area contributed by atoms with Crippen LogP contribution in [0.1, 0.15) is 19.8 Å². The molecule has 9 heavy (non-hydrogen) atoms. The Bertz CT molecular complexity index is 105. The number of carbonyl (C=O) groups is 1. The van der Waals surface area contributed by atoms with Crippen LogP contribution in [0.5, 0.6) is 0 Å². The van der Waals surface area contributed by atoms with Gasteiger partial charge in [-0.2, -0.15) is 6.42 Å². The van der Waals surface area contributed by atoms with E-state index in [1.165, 1.54) is 0 Å². The van der Waals surface area contributed by atoms with E-state index < -0.39 is 0 Å². The van der Waals surface area contributed by atoms with Gasteiger partial charge in [0.1, 0.15) is 0 Å². The van der Waals surface area contributed by atoms with Crippen LogP contribution in [-0.4, -0.2) is 5.91 Å². The molecule has 1 N–H and O–H groups in total. The summed E-state index contributed by atoms with van der Waals surface area (Å²) in [6.07, 6.45) is 1.87. The van der Waals surface area contributed by atoms with Gasteiger partial charge in [0, 0.05) is 26.3 Å². The van der Waals surface area contributed by atoms with Crippen LogP contribution in [-0.2, 0) is 25.2 Å². The zero-order valence-corrected chi connectivity index (χ0v) is 8.07. The summed E-state index contributed by atoms with van der Waals surface area (Å²) in [7, 11) is 0. The van der Waals surface area contributed by atoms with Crippen molar-refractivity contribution in [1.82, 2.24) is 5.32 Å². The summed E-state index contributed by atoms with van der Waals surface area (Å²) in [5.41, 5.74) is 0. The minimum atomic E-state index is 0. The third-order valence-electron chi connectivity index (χ3n) is 1.51. The van der Waals surface area contributed by atoms with Crippen molar-refractivity contribution in [1.29, 1.82) is 0 Å². The average Bonchev–Trinajstić information content (AvgIpc) is 2.14. The Hall–Kier alpha value is 0.132. The number of carbonyl (C=O) groups excluding carboxylic acids is 1. The molecule has 3 heteroatoms. The molecule has 0 aromatic carbocycles. The van der Waals surface area contributed by atoms with Crippen molar-refractivity contribution in [3.05, 3.63) is 6.54 Å². The smallest absolute Gasteiger partial charge is 0.191 e. The molecule has 0 saturated carbocycles. The Morgan fingerprint density at radius 3 is 2.78 bits per heavy atom. The van der Waals surface area contributed by atoms with Crippen molar-refractivity contribution in [2.75, 3.05) is 0 Å². The molecule has 53 valence electrons. The summed E-state index contributed by atoms with van der Waals surface area (Å²) < 4.78 is 0. The van der Waals surface area contributed by atoms with Gasteiger partial charge in [0.2, 0.25) is 0 Å². The van der Waals surface area contributed by atoms with E-state index >= 15 is 0 Å². The second-order valence-corrected chi connectivity index (χ2v) is 2.05. The molecule has 1 saturated heterocycles. The van der Waals surface area contributed by atoms with Gasteiger partial charge < -0.3 is 5.32 Å². The third kappa shape index (κ3) is 2.08. The average molecular weight is 298 g/mol. The maximum atomic E-state index is 10.7. The number of rotatable bonds is 1. The monoisotopic (exact) mass is 299 g/mol. The standard InChI is InChI=1S/C6H10NO.Re/c1-2-5-3-4-7-6(5)8;/h4-5H,2-3H2,1H3,(H,7,8);/q-1;. The van der Waals surface area contributed by atoms with E-state index in [0.717, 1.165) is 12.8 Å². The molecule has 1 amide bonds. The second-order valence-electron chi connectivity index (χ2n) is 2.05. The van der Waals surface area contributed by atoms with Crippen molar-refractivity contribution < 1.29 is 25.2 Å². The Labute approximate surface area is 69.0 Å². The van der Waals surface area contributed by atoms with Crippen molar-refractivity contribution in [3.8, 4) is 0 Å². The molecule has 0 spiro atoms. The normalized spacial score (nSPS) is 25.0. The summed E-state index contributed by atoms with van der Waals surface area (Å²) in [5.74, 6) is 0.447. The predicted molar refractivity (Wildman–Crippen MR) is 30.8 cm³/mol. The van der Waals surface area contributed by atoms with E-state index in [2.05, 4.69) is 5.32 Å². The number of nitrogens with one attached hydrogen (secondary N) is 1. The SMILES string of the molecule is CCC1C[CH-]NC1=O.[Re]. The molecule has 1 fully saturated rings. The zero-order chi connectivity index (χ0) is 5.98. The fourth-order valence-electron chi connectivity index (χ4n) is 0.879. The molecule has 0 bridgehead atoms. The van der Waals surface area contributed by atoms with E-state index in [4.69, 9.17) is 0 Å². The predicted octanol–water partition coefficient (Wildman–Crippen LogP) is 0.692. The van der Waals surface area contributed by atoms with E-state index in [1.807, 2.05) is 13.5 Å². The number of amides is 1. The topological polar surface area (TPSA) is 29.1 Å². The van der Waals surface area contributed by atoms with Gasteiger partial charge >= 0.3 is 0 Å². The van der Waals surface area contributed by atoms with E-state index in [1.54, 1.807) is 0 Å². The molecule has 0 aromatic rings. The first-order valence-corrected chi connectivity index (χ1v) is 2.96. The largest absolute Gasteiger partial charge is 0.505 e. The summed E-state index contributed by atoms with van der Waals surface area (Å²) in [5, 5.41) is 2.66. The fraction of sp³-hybridized carbons (Fsp3) is 0.667. The maximum absolute atomic E-state index is 10.7. The molecule has 1 unspecified atom stereocenters. The van der Waals surface area contributed by atoms with Gasteiger partial charge in [-0.05, 0) is 6.42 Å². The molecule has 1 heterocycles. The first-order valence-electron chi connectivity index (χ1n) is 2.96.